The SMILES string of the molecule is C=C=C[C@]1(Cl)[C@H](C(C)C)O[C@H](CC(C)C)[C@H]1N(C)C. The standard InChI is InChI=1S/C16H28ClNO/c1-8-9-16(17)14(18(6)7)13(10-11(2)3)19-15(16)12(4)5/h9,11-15H,1,10H2,2-7H3/t13-,14-,15+,16-/m1/s1. The molecule has 1 heterocycles. The van der Waals surface area contributed by atoms with E-state index in [9.17, 15) is 0 Å². The predicted molar refractivity (Wildman–Crippen MR) is 82.7 cm³/mol. The van der Waals surface area contributed by atoms with Gasteiger partial charge < -0.3 is 9.64 Å². The van der Waals surface area contributed by atoms with E-state index in [1.54, 1.807) is 0 Å². The largest absolute Gasteiger partial charge is 0.371 e. The Kier molecular flexibility index (Phi) is 5.70. The first-order chi connectivity index (χ1) is 8.74. The van der Waals surface area contributed by atoms with Crippen molar-refractivity contribution in [3.63, 3.8) is 0 Å². The van der Waals surface area contributed by atoms with Gasteiger partial charge in [-0.05, 0) is 38.4 Å². The molecule has 1 saturated heterocycles. The molecule has 0 aliphatic carbocycles. The fourth-order valence-electron chi connectivity index (χ4n) is 3.19. The van der Waals surface area contributed by atoms with Gasteiger partial charge in [0.15, 0.2) is 0 Å². The Bertz CT molecular complexity index is 347. The van der Waals surface area contributed by atoms with Crippen LogP contribution in [0.4, 0.5) is 0 Å². The fourth-order valence-corrected chi connectivity index (χ4v) is 3.91. The monoisotopic (exact) mass is 285 g/mol. The van der Waals surface area contributed by atoms with Gasteiger partial charge in [0.05, 0.1) is 18.2 Å². The summed E-state index contributed by atoms with van der Waals surface area (Å²) < 4.78 is 6.30. The highest BCUT2D eigenvalue weighted by Crippen LogP contribution is 2.44. The third-order valence-electron chi connectivity index (χ3n) is 3.75. The summed E-state index contributed by atoms with van der Waals surface area (Å²) in [5, 5.41) is 0. The molecule has 2 nitrogen and oxygen atoms in total. The van der Waals surface area contributed by atoms with Crippen molar-refractivity contribution < 1.29 is 4.74 Å². The molecule has 0 spiro atoms. The van der Waals surface area contributed by atoms with Gasteiger partial charge >= 0.3 is 0 Å². The fraction of sp³-hybridized carbons (Fsp3) is 0.812. The Balaban J connectivity index is 3.16. The van der Waals surface area contributed by atoms with Crippen molar-refractivity contribution >= 4 is 11.6 Å². The molecular weight excluding hydrogens is 258 g/mol. The summed E-state index contributed by atoms with van der Waals surface area (Å²) in [4.78, 5) is 1.63. The molecule has 0 radical (unpaired) electrons. The van der Waals surface area contributed by atoms with E-state index in [1.807, 2.05) is 6.08 Å². The van der Waals surface area contributed by atoms with Gasteiger partial charge in [0.1, 0.15) is 4.87 Å². The summed E-state index contributed by atoms with van der Waals surface area (Å²) in [6, 6.07) is 0.151. The van der Waals surface area contributed by atoms with Crippen LogP contribution in [0.15, 0.2) is 18.4 Å². The van der Waals surface area contributed by atoms with E-state index in [2.05, 4.69) is 59.0 Å². The average molecular weight is 286 g/mol. The molecule has 0 unspecified atom stereocenters. The molecule has 0 aromatic carbocycles. The van der Waals surface area contributed by atoms with Crippen molar-refractivity contribution in [1.82, 2.24) is 4.90 Å². The van der Waals surface area contributed by atoms with Gasteiger partial charge in [-0.3, -0.25) is 0 Å². The van der Waals surface area contributed by atoms with Crippen molar-refractivity contribution in [2.45, 2.75) is 57.2 Å². The predicted octanol–water partition coefficient (Wildman–Crippen LogP) is 3.70. The first-order valence-electron chi connectivity index (χ1n) is 7.11. The van der Waals surface area contributed by atoms with E-state index in [0.717, 1.165) is 6.42 Å². The third-order valence-corrected chi connectivity index (χ3v) is 4.30. The second-order valence-corrected chi connectivity index (χ2v) is 7.21. The minimum atomic E-state index is -0.543. The zero-order chi connectivity index (χ0) is 14.8. The maximum absolute atomic E-state index is 6.95. The van der Waals surface area contributed by atoms with Crippen LogP contribution in [0.25, 0.3) is 0 Å². The highest BCUT2D eigenvalue weighted by Gasteiger charge is 2.55. The smallest absolute Gasteiger partial charge is 0.114 e. The Morgan fingerprint density at radius 1 is 1.37 bits per heavy atom. The van der Waals surface area contributed by atoms with Gasteiger partial charge in [0.2, 0.25) is 0 Å². The number of hydrogen-bond donors (Lipinski definition) is 0. The van der Waals surface area contributed by atoms with Crippen molar-refractivity contribution in [1.29, 1.82) is 0 Å². The first kappa shape index (κ1) is 16.8. The number of rotatable bonds is 5. The topological polar surface area (TPSA) is 12.5 Å². The van der Waals surface area contributed by atoms with Crippen LogP contribution in [0.2, 0.25) is 0 Å². The van der Waals surface area contributed by atoms with Gasteiger partial charge in [-0.15, -0.1) is 17.3 Å². The minimum absolute atomic E-state index is 0.000401. The summed E-state index contributed by atoms with van der Waals surface area (Å²) in [7, 11) is 4.14. The number of alkyl halides is 1. The van der Waals surface area contributed by atoms with E-state index in [4.69, 9.17) is 16.3 Å². The molecule has 0 aromatic rings. The molecule has 19 heavy (non-hydrogen) atoms. The van der Waals surface area contributed by atoms with Crippen LogP contribution in [0.5, 0.6) is 0 Å². The van der Waals surface area contributed by atoms with Gasteiger partial charge in [-0.1, -0.05) is 34.3 Å². The molecule has 0 N–H and O–H groups in total. The molecular formula is C16H28ClNO. The van der Waals surface area contributed by atoms with E-state index < -0.39 is 4.87 Å². The highest BCUT2D eigenvalue weighted by atomic mass is 35.5. The molecule has 110 valence electrons. The third kappa shape index (κ3) is 3.44. The van der Waals surface area contributed by atoms with Gasteiger partial charge in [0, 0.05) is 0 Å². The second-order valence-electron chi connectivity index (χ2n) is 6.55. The number of likely N-dealkylation sites (N-methyl/N-ethyl adjacent to an activating group) is 1. The molecule has 0 saturated carbocycles. The van der Waals surface area contributed by atoms with E-state index in [-0.39, 0.29) is 18.2 Å². The van der Waals surface area contributed by atoms with Crippen LogP contribution in [-0.2, 0) is 4.74 Å². The molecule has 0 amide bonds. The summed E-state index contributed by atoms with van der Waals surface area (Å²) in [6.07, 6.45) is 3.07. The molecule has 0 bridgehead atoms. The summed E-state index contributed by atoms with van der Waals surface area (Å²) in [5.74, 6) is 0.953. The summed E-state index contributed by atoms with van der Waals surface area (Å²) >= 11 is 6.95. The van der Waals surface area contributed by atoms with Crippen molar-refractivity contribution in [3.05, 3.63) is 18.4 Å². The van der Waals surface area contributed by atoms with Gasteiger partial charge in [-0.25, -0.2) is 0 Å². The molecule has 1 aliphatic rings. The second kappa shape index (κ2) is 6.45. The lowest BCUT2D eigenvalue weighted by atomic mass is 9.85. The van der Waals surface area contributed by atoms with Gasteiger partial charge in [0.25, 0.3) is 0 Å². The Morgan fingerprint density at radius 2 is 1.95 bits per heavy atom. The lowest BCUT2D eigenvalue weighted by Gasteiger charge is -2.35. The van der Waals surface area contributed by atoms with E-state index >= 15 is 0 Å². The normalized spacial score (nSPS) is 35.2. The van der Waals surface area contributed by atoms with Crippen LogP contribution in [0.1, 0.15) is 34.1 Å². The number of hydrogen-bond acceptors (Lipinski definition) is 2. The number of halogens is 1. The maximum atomic E-state index is 6.95. The van der Waals surface area contributed by atoms with Crippen molar-refractivity contribution in [2.75, 3.05) is 14.1 Å². The molecule has 0 aromatic heterocycles. The zero-order valence-corrected chi connectivity index (χ0v) is 13.9. The molecule has 1 rings (SSSR count). The lowest BCUT2D eigenvalue weighted by Crippen LogP contribution is -2.51. The molecule has 3 heteroatoms. The lowest BCUT2D eigenvalue weighted by molar-refractivity contribution is -0.00389. The Morgan fingerprint density at radius 3 is 2.32 bits per heavy atom. The Labute approximate surface area is 123 Å². The summed E-state index contributed by atoms with van der Waals surface area (Å²) in [5.41, 5.74) is 2.88. The zero-order valence-electron chi connectivity index (χ0n) is 13.1. The van der Waals surface area contributed by atoms with Gasteiger partial charge in [-0.2, -0.15) is 0 Å². The molecule has 1 aliphatic heterocycles. The maximum Gasteiger partial charge on any atom is 0.114 e. The first-order valence-corrected chi connectivity index (χ1v) is 7.49. The minimum Gasteiger partial charge on any atom is -0.371 e. The highest BCUT2D eigenvalue weighted by molar-refractivity contribution is 6.26. The van der Waals surface area contributed by atoms with Crippen LogP contribution in [0.3, 0.4) is 0 Å². The van der Waals surface area contributed by atoms with Crippen molar-refractivity contribution in [3.8, 4) is 0 Å². The molecule has 1 fully saturated rings. The van der Waals surface area contributed by atoms with Crippen LogP contribution >= 0.6 is 11.6 Å². The van der Waals surface area contributed by atoms with Crippen LogP contribution < -0.4 is 0 Å². The van der Waals surface area contributed by atoms with Crippen molar-refractivity contribution in [2.24, 2.45) is 11.8 Å². The van der Waals surface area contributed by atoms with E-state index in [1.165, 1.54) is 0 Å². The van der Waals surface area contributed by atoms with Crippen LogP contribution in [0, 0.1) is 11.8 Å². The quantitative estimate of drug-likeness (QED) is 0.564. The van der Waals surface area contributed by atoms with E-state index in [0.29, 0.717) is 11.8 Å². The Hall–Kier alpha value is -0.270. The summed E-state index contributed by atoms with van der Waals surface area (Å²) in [6.45, 7) is 12.5. The molecule has 4 atom stereocenters. The average Bonchev–Trinajstić information content (AvgIpc) is 2.50. The number of nitrogens with zero attached hydrogens (tertiary/aromatic N) is 1. The number of ether oxygens (including phenoxy) is 1. The van der Waals surface area contributed by atoms with Crippen LogP contribution in [-0.4, -0.2) is 42.1 Å².